The van der Waals surface area contributed by atoms with Gasteiger partial charge in [-0.05, 0) is 18.1 Å². The number of carboxylic acid groups (broad SMARTS) is 1. The van der Waals surface area contributed by atoms with E-state index in [-0.39, 0.29) is 12.4 Å². The van der Waals surface area contributed by atoms with E-state index in [0.29, 0.717) is 0 Å². The highest BCUT2D eigenvalue weighted by Gasteiger charge is 2.26. The lowest BCUT2D eigenvalue weighted by atomic mass is 10.1. The summed E-state index contributed by atoms with van der Waals surface area (Å²) in [6, 6.07) is 7.71. The van der Waals surface area contributed by atoms with E-state index in [1.807, 2.05) is 17.0 Å². The Labute approximate surface area is 95.1 Å². The summed E-state index contributed by atoms with van der Waals surface area (Å²) in [4.78, 5) is 12.8. The van der Waals surface area contributed by atoms with Crippen molar-refractivity contribution in [3.8, 4) is 0 Å². The molecule has 82 valence electrons. The van der Waals surface area contributed by atoms with Crippen LogP contribution >= 0.6 is 12.4 Å². The van der Waals surface area contributed by atoms with Crippen LogP contribution in [0.15, 0.2) is 24.3 Å². The van der Waals surface area contributed by atoms with Gasteiger partial charge in [-0.3, -0.25) is 9.69 Å². The summed E-state index contributed by atoms with van der Waals surface area (Å²) in [7, 11) is 0. The molecule has 0 radical (unpaired) electrons. The van der Waals surface area contributed by atoms with E-state index in [1.165, 1.54) is 11.1 Å². The van der Waals surface area contributed by atoms with Gasteiger partial charge in [0.2, 0.25) is 0 Å². The fourth-order valence-electron chi connectivity index (χ4n) is 1.79. The smallest absolute Gasteiger partial charge is 0.320 e. The Morgan fingerprint density at radius 1 is 1.33 bits per heavy atom. The molecule has 0 fully saturated rings. The van der Waals surface area contributed by atoms with Crippen LogP contribution in [-0.2, 0) is 17.9 Å². The van der Waals surface area contributed by atoms with Gasteiger partial charge in [0.15, 0.2) is 0 Å². The van der Waals surface area contributed by atoms with Crippen molar-refractivity contribution < 1.29 is 9.90 Å². The molecule has 1 N–H and O–H groups in total. The molecule has 1 unspecified atom stereocenters. The molecule has 1 aliphatic heterocycles. The topological polar surface area (TPSA) is 40.5 Å². The van der Waals surface area contributed by atoms with Crippen LogP contribution in [0.25, 0.3) is 0 Å². The van der Waals surface area contributed by atoms with Crippen molar-refractivity contribution in [2.45, 2.75) is 26.1 Å². The number of nitrogens with zero attached hydrogens (tertiary/aromatic N) is 1. The number of carbonyl (C=O) groups is 1. The lowest BCUT2D eigenvalue weighted by Gasteiger charge is -2.19. The first kappa shape index (κ1) is 12.0. The molecule has 3 nitrogen and oxygen atoms in total. The van der Waals surface area contributed by atoms with Gasteiger partial charge in [0, 0.05) is 13.1 Å². The van der Waals surface area contributed by atoms with Crippen LogP contribution < -0.4 is 0 Å². The van der Waals surface area contributed by atoms with Crippen LogP contribution in [0.4, 0.5) is 0 Å². The Balaban J connectivity index is 0.00000112. The van der Waals surface area contributed by atoms with E-state index in [2.05, 4.69) is 12.1 Å². The van der Waals surface area contributed by atoms with Gasteiger partial charge in [-0.15, -0.1) is 12.4 Å². The van der Waals surface area contributed by atoms with Crippen LogP contribution in [0, 0.1) is 0 Å². The molecule has 2 rings (SSSR count). The molecular formula is C11H14ClNO2. The monoisotopic (exact) mass is 227 g/mol. The number of benzene rings is 1. The second-order valence-electron chi connectivity index (χ2n) is 3.69. The lowest BCUT2D eigenvalue weighted by molar-refractivity contribution is -0.142. The van der Waals surface area contributed by atoms with Gasteiger partial charge in [0.05, 0.1) is 0 Å². The average Bonchev–Trinajstić information content (AvgIpc) is 2.59. The maximum Gasteiger partial charge on any atom is 0.320 e. The number of hydrogen-bond acceptors (Lipinski definition) is 2. The molecule has 0 spiro atoms. The van der Waals surface area contributed by atoms with Crippen molar-refractivity contribution in [3.05, 3.63) is 35.4 Å². The number of fused-ring (bicyclic) bond motifs is 1. The Morgan fingerprint density at radius 3 is 2.20 bits per heavy atom. The molecule has 1 aromatic rings. The molecule has 15 heavy (non-hydrogen) atoms. The normalized spacial score (nSPS) is 16.6. The first-order valence-corrected chi connectivity index (χ1v) is 4.72. The van der Waals surface area contributed by atoms with E-state index in [9.17, 15) is 4.79 Å². The zero-order valence-electron chi connectivity index (χ0n) is 8.51. The van der Waals surface area contributed by atoms with Gasteiger partial charge >= 0.3 is 5.97 Å². The van der Waals surface area contributed by atoms with Gasteiger partial charge in [0.1, 0.15) is 6.04 Å². The molecule has 0 aliphatic carbocycles. The van der Waals surface area contributed by atoms with Gasteiger partial charge in [-0.25, -0.2) is 0 Å². The molecule has 0 bridgehead atoms. The van der Waals surface area contributed by atoms with Crippen LogP contribution in [0.1, 0.15) is 18.1 Å². The molecular weight excluding hydrogens is 214 g/mol. The Bertz CT molecular complexity index is 342. The second kappa shape index (κ2) is 4.64. The molecule has 1 atom stereocenters. The van der Waals surface area contributed by atoms with Crippen LogP contribution in [0.5, 0.6) is 0 Å². The Hall–Kier alpha value is -1.06. The van der Waals surface area contributed by atoms with Gasteiger partial charge in [-0.2, -0.15) is 0 Å². The molecule has 0 aromatic heterocycles. The summed E-state index contributed by atoms with van der Waals surface area (Å²) in [5.41, 5.74) is 2.50. The first-order valence-electron chi connectivity index (χ1n) is 4.72. The van der Waals surface area contributed by atoms with Crippen molar-refractivity contribution in [1.82, 2.24) is 4.90 Å². The SMILES string of the molecule is CC(C(=O)O)N1Cc2ccccc2C1.Cl. The van der Waals surface area contributed by atoms with Crippen molar-refractivity contribution in [2.75, 3.05) is 0 Å². The predicted octanol–water partition coefficient (Wildman–Crippen LogP) is 1.90. The van der Waals surface area contributed by atoms with E-state index in [4.69, 9.17) is 5.11 Å². The second-order valence-corrected chi connectivity index (χ2v) is 3.69. The highest BCUT2D eigenvalue weighted by atomic mass is 35.5. The number of rotatable bonds is 2. The Kier molecular flexibility index (Phi) is 3.72. The Morgan fingerprint density at radius 2 is 1.80 bits per heavy atom. The van der Waals surface area contributed by atoms with Crippen LogP contribution in [0.3, 0.4) is 0 Å². The zero-order valence-corrected chi connectivity index (χ0v) is 9.33. The van der Waals surface area contributed by atoms with E-state index < -0.39 is 12.0 Å². The molecule has 0 saturated carbocycles. The molecule has 1 aromatic carbocycles. The zero-order chi connectivity index (χ0) is 10.1. The fraction of sp³-hybridized carbons (Fsp3) is 0.364. The predicted molar refractivity (Wildman–Crippen MR) is 60.0 cm³/mol. The molecule has 4 heteroatoms. The van der Waals surface area contributed by atoms with Crippen molar-refractivity contribution in [2.24, 2.45) is 0 Å². The summed E-state index contributed by atoms with van der Waals surface area (Å²) in [5, 5.41) is 8.88. The number of hydrogen-bond donors (Lipinski definition) is 1. The number of halogens is 1. The first-order chi connectivity index (χ1) is 6.68. The van der Waals surface area contributed by atoms with Crippen LogP contribution in [-0.4, -0.2) is 22.0 Å². The lowest BCUT2D eigenvalue weighted by Crippen LogP contribution is -2.34. The van der Waals surface area contributed by atoms with E-state index in [1.54, 1.807) is 6.92 Å². The third-order valence-electron chi connectivity index (χ3n) is 2.77. The van der Waals surface area contributed by atoms with E-state index in [0.717, 1.165) is 13.1 Å². The van der Waals surface area contributed by atoms with Crippen LogP contribution in [0.2, 0.25) is 0 Å². The molecule has 1 aliphatic rings. The molecule has 1 heterocycles. The third-order valence-corrected chi connectivity index (χ3v) is 2.77. The molecule has 0 amide bonds. The maximum atomic E-state index is 10.8. The minimum Gasteiger partial charge on any atom is -0.480 e. The molecule has 0 saturated heterocycles. The minimum absolute atomic E-state index is 0. The standard InChI is InChI=1S/C11H13NO2.ClH/c1-8(11(13)14)12-6-9-4-2-3-5-10(9)7-12;/h2-5,8H,6-7H2,1H3,(H,13,14);1H. The maximum absolute atomic E-state index is 10.8. The van der Waals surface area contributed by atoms with Gasteiger partial charge in [0.25, 0.3) is 0 Å². The van der Waals surface area contributed by atoms with Crippen molar-refractivity contribution in [1.29, 1.82) is 0 Å². The highest BCUT2D eigenvalue weighted by molar-refractivity contribution is 5.85. The van der Waals surface area contributed by atoms with E-state index >= 15 is 0 Å². The number of carboxylic acids is 1. The minimum atomic E-state index is -0.752. The fourth-order valence-corrected chi connectivity index (χ4v) is 1.79. The highest BCUT2D eigenvalue weighted by Crippen LogP contribution is 2.23. The number of aliphatic carboxylic acids is 1. The van der Waals surface area contributed by atoms with Crippen molar-refractivity contribution >= 4 is 18.4 Å². The average molecular weight is 228 g/mol. The van der Waals surface area contributed by atoms with Crippen molar-refractivity contribution in [3.63, 3.8) is 0 Å². The van der Waals surface area contributed by atoms with Gasteiger partial charge in [-0.1, -0.05) is 24.3 Å². The van der Waals surface area contributed by atoms with Gasteiger partial charge < -0.3 is 5.11 Å². The summed E-state index contributed by atoms with van der Waals surface area (Å²) in [5.74, 6) is -0.752. The summed E-state index contributed by atoms with van der Waals surface area (Å²) in [6.45, 7) is 3.24. The summed E-state index contributed by atoms with van der Waals surface area (Å²) >= 11 is 0. The largest absolute Gasteiger partial charge is 0.480 e. The third kappa shape index (κ3) is 2.30. The quantitative estimate of drug-likeness (QED) is 0.839. The summed E-state index contributed by atoms with van der Waals surface area (Å²) < 4.78 is 0. The summed E-state index contributed by atoms with van der Waals surface area (Å²) in [6.07, 6.45) is 0.